The molecule has 0 atom stereocenters. The molecule has 0 bridgehead atoms. The molecule has 4 heterocycles. The maximum atomic E-state index is 11.2. The van der Waals surface area contributed by atoms with E-state index in [2.05, 4.69) is 59.4 Å². The van der Waals surface area contributed by atoms with Crippen LogP contribution in [0.15, 0.2) is 118 Å². The largest absolute Gasteiger partial charge is 1.00 e. The summed E-state index contributed by atoms with van der Waals surface area (Å²) in [6.45, 7) is 0. The van der Waals surface area contributed by atoms with Gasteiger partial charge in [-0.3, -0.25) is 29.9 Å². The van der Waals surface area contributed by atoms with Crippen molar-refractivity contribution in [1.29, 1.82) is 0 Å². The number of carbonyl (C=O) groups excluding carboxylic acids is 2. The summed E-state index contributed by atoms with van der Waals surface area (Å²) in [5, 5.41) is 24.3. The molecule has 0 saturated carbocycles. The van der Waals surface area contributed by atoms with Crippen molar-refractivity contribution in [2.45, 2.75) is 0 Å². The summed E-state index contributed by atoms with van der Waals surface area (Å²) in [7, 11) is 8.24. The number of hydrogen-bond acceptors (Lipinski definition) is 17. The zero-order valence-electron chi connectivity index (χ0n) is 30.4. The Labute approximate surface area is 322 Å². The number of oxime groups is 2. The molecular formula is C34H37LiN8O11. The molecule has 280 valence electrons. The maximum absolute atomic E-state index is 11.2. The third-order valence-electron chi connectivity index (χ3n) is 5.71. The number of ether oxygens (including phenoxy) is 2. The van der Waals surface area contributed by atoms with Crippen molar-refractivity contribution in [3.63, 3.8) is 0 Å². The molecule has 54 heavy (non-hydrogen) atoms. The Kier molecular flexibility index (Phi) is 26.5. The Morgan fingerprint density at radius 1 is 0.519 bits per heavy atom. The fourth-order valence-corrected chi connectivity index (χ4v) is 3.50. The molecule has 19 nitrogen and oxygen atoms in total. The number of aromatic nitrogens is 4. The molecule has 0 unspecified atom stereocenters. The summed E-state index contributed by atoms with van der Waals surface area (Å²) in [6.07, 6.45) is 12.3. The second-order valence-corrected chi connectivity index (χ2v) is 8.95. The first-order chi connectivity index (χ1) is 25.1. The Balaban J connectivity index is 0. The molecule has 0 aliphatic rings. The van der Waals surface area contributed by atoms with Crippen LogP contribution in [0, 0.1) is 0 Å². The third-order valence-corrected chi connectivity index (χ3v) is 5.71. The van der Waals surface area contributed by atoms with Gasteiger partial charge in [0.15, 0.2) is 22.8 Å². The maximum Gasteiger partial charge on any atom is 1.00 e. The van der Waals surface area contributed by atoms with Gasteiger partial charge >= 0.3 is 42.7 Å². The summed E-state index contributed by atoms with van der Waals surface area (Å²) in [5.74, 6) is -3.18. The van der Waals surface area contributed by atoms with Crippen LogP contribution in [0.5, 0.6) is 0 Å². The molecule has 20 heteroatoms. The summed E-state index contributed by atoms with van der Waals surface area (Å²) in [5.41, 5.74) is 2.42. The number of nitrogens with zero attached hydrogens (tertiary/aromatic N) is 8. The molecule has 4 aromatic heterocycles. The zero-order chi connectivity index (χ0) is 38.7. The van der Waals surface area contributed by atoms with Crippen LogP contribution in [0.3, 0.4) is 0 Å². The van der Waals surface area contributed by atoms with Crippen LogP contribution in [0.1, 0.15) is 22.3 Å². The molecule has 0 aromatic carbocycles. The van der Waals surface area contributed by atoms with E-state index < -0.39 is 23.9 Å². The van der Waals surface area contributed by atoms with E-state index in [1.807, 2.05) is 0 Å². The van der Waals surface area contributed by atoms with Crippen molar-refractivity contribution in [3.8, 4) is 0 Å². The number of methoxy groups -OCH3 is 2. The Morgan fingerprint density at radius 2 is 0.815 bits per heavy atom. The van der Waals surface area contributed by atoms with Gasteiger partial charge in [0.25, 0.3) is 0 Å². The summed E-state index contributed by atoms with van der Waals surface area (Å²) >= 11 is 0. The number of aliphatic carboxylic acids is 2. The summed E-state index contributed by atoms with van der Waals surface area (Å²) in [6, 6.07) is 13.4. The molecule has 3 N–H and O–H groups in total. The van der Waals surface area contributed by atoms with Crippen LogP contribution in [0.2, 0.25) is 0 Å². The normalized spacial score (nSPS) is 10.6. The van der Waals surface area contributed by atoms with E-state index >= 15 is 0 Å². The van der Waals surface area contributed by atoms with E-state index in [1.54, 1.807) is 86.6 Å². The van der Waals surface area contributed by atoms with E-state index in [0.717, 1.165) is 0 Å². The fourth-order valence-electron chi connectivity index (χ4n) is 3.50. The summed E-state index contributed by atoms with van der Waals surface area (Å²) in [4.78, 5) is 75.3. The second kappa shape index (κ2) is 29.0. The number of carboxylic acids is 2. The minimum atomic E-state index is -1.14. The third kappa shape index (κ3) is 17.5. The first-order valence-corrected chi connectivity index (χ1v) is 14.5. The van der Waals surface area contributed by atoms with Crippen molar-refractivity contribution in [1.82, 2.24) is 19.9 Å². The molecule has 0 aliphatic heterocycles. The molecule has 0 spiro atoms. The Morgan fingerprint density at radius 3 is 1.09 bits per heavy atom. The molecule has 0 amide bonds. The SMILES string of the molecule is CN=C(C(=O)O)c1cccnc1.CN=C(C(=O)OC)c1cccnc1.CO/N=C(\C(=O)O)c1cccnc1.CO/N=C(\C(=O)OC)c1cccnc1.[Li+].[OH-]. The molecule has 0 radical (unpaired) electrons. The monoisotopic (exact) mass is 740 g/mol. The smallest absolute Gasteiger partial charge is 0.870 e. The van der Waals surface area contributed by atoms with Crippen LogP contribution >= 0.6 is 0 Å². The minimum Gasteiger partial charge on any atom is -0.870 e. The number of hydrogen-bond donors (Lipinski definition) is 2. The molecule has 0 saturated heterocycles. The molecular weight excluding hydrogens is 703 g/mol. The number of rotatable bonds is 10. The number of pyridine rings is 4. The Hall–Kier alpha value is -6.68. The van der Waals surface area contributed by atoms with Gasteiger partial charge < -0.3 is 34.8 Å². The number of carboxylic acid groups (broad SMARTS) is 2. The van der Waals surface area contributed by atoms with Crippen molar-refractivity contribution in [2.24, 2.45) is 20.3 Å². The molecule has 4 rings (SSSR count). The second-order valence-electron chi connectivity index (χ2n) is 8.95. The van der Waals surface area contributed by atoms with Crippen LogP contribution < -0.4 is 18.9 Å². The zero-order valence-corrected chi connectivity index (χ0v) is 30.4. The van der Waals surface area contributed by atoms with Gasteiger partial charge in [0.2, 0.25) is 0 Å². The van der Waals surface area contributed by atoms with Gasteiger partial charge in [0, 0.05) is 85.9 Å². The quantitative estimate of drug-likeness (QED) is 0.0872. The van der Waals surface area contributed by atoms with Gasteiger partial charge in [-0.05, 0) is 48.5 Å². The first kappa shape index (κ1) is 49.4. The van der Waals surface area contributed by atoms with Crippen LogP contribution in [0.25, 0.3) is 0 Å². The average molecular weight is 741 g/mol. The minimum absolute atomic E-state index is 0. The first-order valence-electron chi connectivity index (χ1n) is 14.5. The van der Waals surface area contributed by atoms with Crippen molar-refractivity contribution in [3.05, 3.63) is 120 Å². The topological polar surface area (TPSA) is 277 Å². The van der Waals surface area contributed by atoms with Crippen LogP contribution in [-0.2, 0) is 38.3 Å². The number of esters is 2. The Bertz CT molecular complexity index is 1830. The van der Waals surface area contributed by atoms with Gasteiger partial charge in [0.05, 0.1) is 14.2 Å². The van der Waals surface area contributed by atoms with Crippen molar-refractivity contribution in [2.75, 3.05) is 42.5 Å². The molecule has 4 aromatic rings. The van der Waals surface area contributed by atoms with E-state index in [-0.39, 0.29) is 47.2 Å². The van der Waals surface area contributed by atoms with Crippen LogP contribution in [0.4, 0.5) is 0 Å². The van der Waals surface area contributed by atoms with Gasteiger partial charge in [-0.1, -0.05) is 10.3 Å². The standard InChI is InChI=1S/C9H10N2O3.C9H10N2O2.C8H8N2O3.C8H8N2O2.Li.H2O/c1-13-9(12)8(11-14-2)7-4-3-5-10-6-7;1-10-8(9(12)13-2)7-4-3-5-11-6-7;1-13-10-7(8(11)12)6-3-2-4-9-5-6;1-9-7(8(11)12)6-3-2-4-10-5-6;;/h3-6H,1-2H3;3-6H,1-2H3;2-5H,1H3,(H,11,12);2-5H,1H3,(H,11,12);;1H2/q;;;;+1;/p-1/b11-8-;;10-7-;;;. The van der Waals surface area contributed by atoms with Gasteiger partial charge in [-0.15, -0.1) is 0 Å². The number of carbonyl (C=O) groups is 4. The van der Waals surface area contributed by atoms with Gasteiger partial charge in [0.1, 0.15) is 14.2 Å². The number of aliphatic imine (C=N–C) groups is 2. The van der Waals surface area contributed by atoms with Gasteiger partial charge in [-0.2, -0.15) is 0 Å². The molecule has 0 aliphatic carbocycles. The van der Waals surface area contributed by atoms with Gasteiger partial charge in [-0.25, -0.2) is 19.2 Å². The van der Waals surface area contributed by atoms with E-state index in [9.17, 15) is 19.2 Å². The molecule has 0 fully saturated rings. The van der Waals surface area contributed by atoms with E-state index in [1.165, 1.54) is 54.1 Å². The summed E-state index contributed by atoms with van der Waals surface area (Å²) < 4.78 is 9.10. The van der Waals surface area contributed by atoms with E-state index in [0.29, 0.717) is 22.3 Å². The van der Waals surface area contributed by atoms with Crippen LogP contribution in [-0.4, -0.2) is 125 Å². The van der Waals surface area contributed by atoms with Crippen molar-refractivity contribution >= 4 is 46.7 Å². The van der Waals surface area contributed by atoms with Crippen molar-refractivity contribution < 1.29 is 72.9 Å². The predicted molar refractivity (Wildman–Crippen MR) is 190 cm³/mol. The fraction of sp³-hybridized carbons (Fsp3) is 0.176. The predicted octanol–water partition coefficient (Wildman–Crippen LogP) is -0.792. The average Bonchev–Trinajstić information content (AvgIpc) is 3.18. The van der Waals surface area contributed by atoms with E-state index in [4.69, 9.17) is 10.2 Å².